The Morgan fingerprint density at radius 3 is 2.33 bits per heavy atom. The van der Waals surface area contributed by atoms with Gasteiger partial charge in [0.1, 0.15) is 0 Å². The molecule has 1 aliphatic rings. The molecule has 1 saturated heterocycles. The predicted octanol–water partition coefficient (Wildman–Crippen LogP) is 2.65. The zero-order chi connectivity index (χ0) is 8.81. The number of hydrogen-bond donors (Lipinski definition) is 1. The Morgan fingerprint density at radius 2 is 1.83 bits per heavy atom. The molecular formula is C10H22NP. The van der Waals surface area contributed by atoms with Crippen LogP contribution in [0.15, 0.2) is 0 Å². The molecule has 0 aromatic rings. The van der Waals surface area contributed by atoms with Crippen molar-refractivity contribution < 1.29 is 0 Å². The van der Waals surface area contributed by atoms with E-state index < -0.39 is 0 Å². The molecule has 0 aromatic carbocycles. The van der Waals surface area contributed by atoms with Crippen LogP contribution < -0.4 is 5.32 Å². The number of hydrogen-bond acceptors (Lipinski definition) is 1. The molecule has 0 amide bonds. The van der Waals surface area contributed by atoms with Gasteiger partial charge in [-0.25, -0.2) is 0 Å². The largest absolute Gasteiger partial charge is 0.314 e. The Hall–Kier alpha value is 0.390. The Morgan fingerprint density at radius 1 is 1.25 bits per heavy atom. The molecule has 1 nitrogen and oxygen atoms in total. The third-order valence-electron chi connectivity index (χ3n) is 2.68. The first kappa shape index (κ1) is 10.5. The number of nitrogens with one attached hydrogen (secondary N) is 1. The average molecular weight is 187 g/mol. The minimum atomic E-state index is 0.409. The van der Waals surface area contributed by atoms with Gasteiger partial charge >= 0.3 is 0 Å². The second-order valence-corrected chi connectivity index (χ2v) is 6.45. The summed E-state index contributed by atoms with van der Waals surface area (Å²) in [6, 6.07) is 0.832. The predicted molar refractivity (Wildman–Crippen MR) is 58.5 cm³/mol. The van der Waals surface area contributed by atoms with Crippen LogP contribution in [0.1, 0.15) is 32.6 Å². The lowest BCUT2D eigenvalue weighted by Crippen LogP contribution is -2.29. The van der Waals surface area contributed by atoms with E-state index >= 15 is 0 Å². The van der Waals surface area contributed by atoms with Gasteiger partial charge in [0.05, 0.1) is 0 Å². The van der Waals surface area contributed by atoms with Crippen LogP contribution in [-0.2, 0) is 0 Å². The van der Waals surface area contributed by atoms with Gasteiger partial charge in [0.25, 0.3) is 0 Å². The summed E-state index contributed by atoms with van der Waals surface area (Å²) in [5.41, 5.74) is 0. The fourth-order valence-electron chi connectivity index (χ4n) is 1.96. The van der Waals surface area contributed by atoms with Gasteiger partial charge in [-0.15, -0.1) is 7.92 Å². The molecule has 0 atom stereocenters. The Balaban J connectivity index is 2.20. The molecule has 0 spiro atoms. The highest BCUT2D eigenvalue weighted by atomic mass is 31.1. The lowest BCUT2D eigenvalue weighted by atomic mass is 10.1. The third kappa shape index (κ3) is 3.87. The van der Waals surface area contributed by atoms with Gasteiger partial charge < -0.3 is 5.32 Å². The summed E-state index contributed by atoms with van der Waals surface area (Å²) < 4.78 is 0. The minimum Gasteiger partial charge on any atom is -0.314 e. The summed E-state index contributed by atoms with van der Waals surface area (Å²) in [6.45, 7) is 5.82. The van der Waals surface area contributed by atoms with Crippen molar-refractivity contribution in [3.05, 3.63) is 0 Å². The van der Waals surface area contributed by atoms with Crippen molar-refractivity contribution in [2.75, 3.05) is 25.5 Å². The van der Waals surface area contributed by atoms with Gasteiger partial charge in [-0.1, -0.05) is 6.92 Å². The molecule has 0 radical (unpaired) electrons. The fraction of sp³-hybridized carbons (Fsp3) is 1.00. The second-order valence-electron chi connectivity index (χ2n) is 3.84. The normalized spacial score (nSPS) is 32.5. The van der Waals surface area contributed by atoms with Crippen LogP contribution in [0.4, 0.5) is 0 Å². The van der Waals surface area contributed by atoms with Gasteiger partial charge in [0.15, 0.2) is 0 Å². The Labute approximate surface area is 78.1 Å². The maximum Gasteiger partial charge on any atom is 0.00671 e. The van der Waals surface area contributed by atoms with Crippen molar-refractivity contribution in [3.63, 3.8) is 0 Å². The van der Waals surface area contributed by atoms with Crippen molar-refractivity contribution in [2.24, 2.45) is 0 Å². The molecule has 0 saturated carbocycles. The molecule has 0 unspecified atom stereocenters. The highest BCUT2D eigenvalue weighted by Crippen LogP contribution is 2.35. The van der Waals surface area contributed by atoms with E-state index in [0.717, 1.165) is 12.6 Å². The van der Waals surface area contributed by atoms with Crippen LogP contribution in [-0.4, -0.2) is 31.6 Å². The van der Waals surface area contributed by atoms with E-state index in [0.29, 0.717) is 7.92 Å². The fourth-order valence-corrected chi connectivity index (χ4v) is 3.63. The molecule has 1 aliphatic heterocycles. The van der Waals surface area contributed by atoms with E-state index in [1.807, 2.05) is 0 Å². The van der Waals surface area contributed by atoms with Crippen molar-refractivity contribution >= 4 is 7.92 Å². The molecule has 12 heavy (non-hydrogen) atoms. The van der Waals surface area contributed by atoms with Crippen LogP contribution >= 0.6 is 7.92 Å². The number of rotatable bonds is 2. The Bertz CT molecular complexity index is 106. The van der Waals surface area contributed by atoms with Crippen LogP contribution in [0.3, 0.4) is 0 Å². The molecule has 1 heterocycles. The van der Waals surface area contributed by atoms with E-state index in [1.54, 1.807) is 0 Å². The van der Waals surface area contributed by atoms with E-state index in [9.17, 15) is 0 Å². The summed E-state index contributed by atoms with van der Waals surface area (Å²) in [5, 5.41) is 3.57. The van der Waals surface area contributed by atoms with Crippen LogP contribution in [0, 0.1) is 0 Å². The molecule has 2 heteroatoms. The summed E-state index contributed by atoms with van der Waals surface area (Å²) in [7, 11) is 0.409. The molecule has 0 bridgehead atoms. The van der Waals surface area contributed by atoms with Crippen LogP contribution in [0.25, 0.3) is 0 Å². The lowest BCUT2D eigenvalue weighted by molar-refractivity contribution is 0.453. The standard InChI is InChI=1S/C10H22NP/c1-3-11-10-6-4-8-12(2)9-5-7-10/h10-11H,3-9H2,1-2H3. The smallest absolute Gasteiger partial charge is 0.00671 e. The maximum absolute atomic E-state index is 3.57. The molecule has 1 rings (SSSR count). The van der Waals surface area contributed by atoms with Crippen molar-refractivity contribution in [2.45, 2.75) is 38.6 Å². The first-order chi connectivity index (χ1) is 5.83. The quantitative estimate of drug-likeness (QED) is 0.655. The summed E-state index contributed by atoms with van der Waals surface area (Å²) in [4.78, 5) is 0. The van der Waals surface area contributed by atoms with Gasteiger partial charge in [-0.2, -0.15) is 0 Å². The highest BCUT2D eigenvalue weighted by Gasteiger charge is 2.12. The topological polar surface area (TPSA) is 12.0 Å². The first-order valence-corrected chi connectivity index (χ1v) is 7.40. The van der Waals surface area contributed by atoms with Crippen molar-refractivity contribution in [1.82, 2.24) is 5.32 Å². The van der Waals surface area contributed by atoms with Gasteiger partial charge in [-0.05, 0) is 51.2 Å². The molecule has 0 aromatic heterocycles. The van der Waals surface area contributed by atoms with Crippen molar-refractivity contribution in [1.29, 1.82) is 0 Å². The van der Waals surface area contributed by atoms with Gasteiger partial charge in [0, 0.05) is 6.04 Å². The molecule has 1 fully saturated rings. The first-order valence-electron chi connectivity index (χ1n) is 5.25. The molecular weight excluding hydrogens is 165 g/mol. The monoisotopic (exact) mass is 187 g/mol. The van der Waals surface area contributed by atoms with Crippen LogP contribution in [0.5, 0.6) is 0 Å². The van der Waals surface area contributed by atoms with E-state index in [4.69, 9.17) is 0 Å². The van der Waals surface area contributed by atoms with Gasteiger partial charge in [-0.3, -0.25) is 0 Å². The zero-order valence-corrected chi connectivity index (χ0v) is 9.37. The highest BCUT2D eigenvalue weighted by molar-refractivity contribution is 7.56. The van der Waals surface area contributed by atoms with E-state index in [-0.39, 0.29) is 0 Å². The molecule has 72 valence electrons. The average Bonchev–Trinajstić information content (AvgIpc) is 2.00. The second kappa shape index (κ2) is 5.94. The minimum absolute atomic E-state index is 0.409. The van der Waals surface area contributed by atoms with Gasteiger partial charge in [0.2, 0.25) is 0 Å². The SMILES string of the molecule is CCNC1CCCP(C)CCC1. The molecule has 1 N–H and O–H groups in total. The van der Waals surface area contributed by atoms with E-state index in [2.05, 4.69) is 18.9 Å². The third-order valence-corrected chi connectivity index (χ3v) is 4.84. The van der Waals surface area contributed by atoms with Crippen LogP contribution in [0.2, 0.25) is 0 Å². The Kier molecular flexibility index (Phi) is 5.18. The maximum atomic E-state index is 3.57. The summed E-state index contributed by atoms with van der Waals surface area (Å²) in [5.74, 6) is 0. The molecule has 0 aliphatic carbocycles. The lowest BCUT2D eigenvalue weighted by Gasteiger charge is -2.23. The zero-order valence-electron chi connectivity index (χ0n) is 8.47. The summed E-state index contributed by atoms with van der Waals surface area (Å²) in [6.07, 6.45) is 8.77. The summed E-state index contributed by atoms with van der Waals surface area (Å²) >= 11 is 0. The van der Waals surface area contributed by atoms with E-state index in [1.165, 1.54) is 38.0 Å². The van der Waals surface area contributed by atoms with Crippen molar-refractivity contribution in [3.8, 4) is 0 Å².